The highest BCUT2D eigenvalue weighted by Gasteiger charge is 2.24. The molecule has 2 aromatic heterocycles. The van der Waals surface area contributed by atoms with Crippen molar-refractivity contribution in [3.63, 3.8) is 0 Å². The van der Waals surface area contributed by atoms with Gasteiger partial charge in [-0.25, -0.2) is 4.98 Å². The van der Waals surface area contributed by atoms with Gasteiger partial charge in [0.2, 0.25) is 5.89 Å². The smallest absolute Gasteiger partial charge is 0.273 e. The maximum Gasteiger partial charge on any atom is 0.273 e. The average Bonchev–Trinajstić information content (AvgIpc) is 3.28. The zero-order chi connectivity index (χ0) is 17.6. The number of rotatable bonds is 7. The van der Waals surface area contributed by atoms with Crippen LogP contribution in [0, 0.1) is 6.92 Å². The van der Waals surface area contributed by atoms with Gasteiger partial charge in [0.1, 0.15) is 5.76 Å². The van der Waals surface area contributed by atoms with Crippen LogP contribution in [-0.2, 0) is 0 Å². The number of aryl methyl sites for hydroxylation is 1. The number of likely N-dealkylation sites (tertiary alicyclic amines) is 1. The standard InChI is InChI=1S/C19H27N3O2S/c1-3-4-10-22-11-6-5-8-15(22)13-20-18(23)17-14(2)24-19(21-17)16-9-7-12-25-16/h7,9,12,15H,3-6,8,10-11,13H2,1-2H3,(H,20,23). The summed E-state index contributed by atoms with van der Waals surface area (Å²) < 4.78 is 5.67. The van der Waals surface area contributed by atoms with Gasteiger partial charge >= 0.3 is 0 Å². The van der Waals surface area contributed by atoms with E-state index < -0.39 is 0 Å². The van der Waals surface area contributed by atoms with Crippen molar-refractivity contribution in [3.8, 4) is 10.8 Å². The first-order valence-corrected chi connectivity index (χ1v) is 10.1. The van der Waals surface area contributed by atoms with Crippen LogP contribution in [0.4, 0.5) is 0 Å². The van der Waals surface area contributed by atoms with Crippen molar-refractivity contribution in [2.75, 3.05) is 19.6 Å². The third-order valence-corrected chi connectivity index (χ3v) is 5.65. The minimum Gasteiger partial charge on any atom is -0.440 e. The van der Waals surface area contributed by atoms with Crippen LogP contribution in [0.5, 0.6) is 0 Å². The molecule has 6 heteroatoms. The number of nitrogens with zero attached hydrogens (tertiary/aromatic N) is 2. The lowest BCUT2D eigenvalue weighted by Crippen LogP contribution is -2.47. The molecular weight excluding hydrogens is 334 g/mol. The Morgan fingerprint density at radius 3 is 3.12 bits per heavy atom. The molecule has 1 aliphatic rings. The van der Waals surface area contributed by atoms with E-state index in [0.717, 1.165) is 24.4 Å². The van der Waals surface area contributed by atoms with Gasteiger partial charge in [-0.05, 0) is 50.7 Å². The van der Waals surface area contributed by atoms with Gasteiger partial charge in [0.05, 0.1) is 4.88 Å². The van der Waals surface area contributed by atoms with E-state index in [1.54, 1.807) is 18.3 Å². The molecular formula is C19H27N3O2S. The average molecular weight is 362 g/mol. The fourth-order valence-corrected chi connectivity index (χ4v) is 4.00. The molecule has 2 aromatic rings. The molecule has 0 saturated carbocycles. The van der Waals surface area contributed by atoms with Crippen LogP contribution >= 0.6 is 11.3 Å². The molecule has 0 spiro atoms. The summed E-state index contributed by atoms with van der Waals surface area (Å²) in [6.45, 7) is 6.98. The van der Waals surface area contributed by atoms with Crippen molar-refractivity contribution >= 4 is 17.2 Å². The van der Waals surface area contributed by atoms with Crippen molar-refractivity contribution in [2.24, 2.45) is 0 Å². The van der Waals surface area contributed by atoms with Crippen molar-refractivity contribution in [3.05, 3.63) is 29.0 Å². The number of piperidine rings is 1. The Morgan fingerprint density at radius 2 is 2.36 bits per heavy atom. The van der Waals surface area contributed by atoms with Crippen molar-refractivity contribution in [1.82, 2.24) is 15.2 Å². The number of amides is 1. The second kappa shape index (κ2) is 8.63. The lowest BCUT2D eigenvalue weighted by molar-refractivity contribution is 0.0907. The lowest BCUT2D eigenvalue weighted by atomic mass is 10.0. The summed E-state index contributed by atoms with van der Waals surface area (Å²) in [6, 6.07) is 4.34. The molecule has 25 heavy (non-hydrogen) atoms. The molecule has 3 rings (SSSR count). The molecule has 0 aromatic carbocycles. The predicted octanol–water partition coefficient (Wildman–Crippen LogP) is 4.10. The number of carbonyl (C=O) groups is 1. The second-order valence-electron chi connectivity index (χ2n) is 6.65. The van der Waals surface area contributed by atoms with Crippen LogP contribution in [0.15, 0.2) is 21.9 Å². The zero-order valence-corrected chi connectivity index (χ0v) is 15.9. The number of hydrogen-bond donors (Lipinski definition) is 1. The van der Waals surface area contributed by atoms with Gasteiger partial charge in [0.15, 0.2) is 5.69 Å². The topological polar surface area (TPSA) is 58.4 Å². The Hall–Kier alpha value is -1.66. The van der Waals surface area contributed by atoms with E-state index in [2.05, 4.69) is 22.1 Å². The fourth-order valence-electron chi connectivity index (χ4n) is 3.35. The van der Waals surface area contributed by atoms with E-state index in [0.29, 0.717) is 29.9 Å². The largest absolute Gasteiger partial charge is 0.440 e. The lowest BCUT2D eigenvalue weighted by Gasteiger charge is -2.35. The number of oxazole rings is 1. The molecule has 1 atom stereocenters. The first-order chi connectivity index (χ1) is 12.2. The number of carbonyl (C=O) groups excluding carboxylic acids is 1. The van der Waals surface area contributed by atoms with E-state index in [9.17, 15) is 4.79 Å². The number of unbranched alkanes of at least 4 members (excludes halogenated alkanes) is 1. The van der Waals surface area contributed by atoms with Crippen LogP contribution in [0.25, 0.3) is 10.8 Å². The summed E-state index contributed by atoms with van der Waals surface area (Å²) in [6.07, 6.45) is 6.09. The molecule has 1 amide bonds. The first kappa shape index (κ1) is 18.1. The number of thiophene rings is 1. The Labute approximate surface area is 153 Å². The first-order valence-electron chi connectivity index (χ1n) is 9.22. The molecule has 0 radical (unpaired) electrons. The van der Waals surface area contributed by atoms with E-state index in [-0.39, 0.29) is 5.91 Å². The van der Waals surface area contributed by atoms with Crippen LogP contribution in [0.2, 0.25) is 0 Å². The Bertz CT molecular complexity index is 681. The van der Waals surface area contributed by atoms with Gasteiger partial charge in [0.25, 0.3) is 5.91 Å². The highest BCUT2D eigenvalue weighted by atomic mass is 32.1. The van der Waals surface area contributed by atoms with Crippen molar-refractivity contribution < 1.29 is 9.21 Å². The normalized spacial score (nSPS) is 18.4. The summed E-state index contributed by atoms with van der Waals surface area (Å²) in [5.74, 6) is 0.970. The summed E-state index contributed by atoms with van der Waals surface area (Å²) >= 11 is 1.56. The molecule has 136 valence electrons. The molecule has 0 bridgehead atoms. The zero-order valence-electron chi connectivity index (χ0n) is 15.1. The maximum atomic E-state index is 12.6. The van der Waals surface area contributed by atoms with Gasteiger partial charge in [-0.15, -0.1) is 11.3 Å². The molecule has 3 heterocycles. The fraction of sp³-hybridized carbons (Fsp3) is 0.579. The van der Waals surface area contributed by atoms with Crippen LogP contribution < -0.4 is 5.32 Å². The van der Waals surface area contributed by atoms with Gasteiger partial charge in [-0.2, -0.15) is 0 Å². The highest BCUT2D eigenvalue weighted by Crippen LogP contribution is 2.26. The summed E-state index contributed by atoms with van der Waals surface area (Å²) in [4.78, 5) is 20.4. The molecule has 1 N–H and O–H groups in total. The Kier molecular flexibility index (Phi) is 6.26. The SMILES string of the molecule is CCCCN1CCCCC1CNC(=O)c1nc(-c2cccs2)oc1C. The molecule has 0 aliphatic carbocycles. The minimum absolute atomic E-state index is 0.134. The van der Waals surface area contributed by atoms with Crippen LogP contribution in [-0.4, -0.2) is 41.5 Å². The van der Waals surface area contributed by atoms with Gasteiger partial charge in [0, 0.05) is 12.6 Å². The van der Waals surface area contributed by atoms with Crippen molar-refractivity contribution in [1.29, 1.82) is 0 Å². The van der Waals surface area contributed by atoms with Gasteiger partial charge in [-0.1, -0.05) is 25.8 Å². The third kappa shape index (κ3) is 4.50. The molecule has 5 nitrogen and oxygen atoms in total. The Morgan fingerprint density at radius 1 is 1.48 bits per heavy atom. The maximum absolute atomic E-state index is 12.6. The van der Waals surface area contributed by atoms with E-state index >= 15 is 0 Å². The summed E-state index contributed by atoms with van der Waals surface area (Å²) in [5.41, 5.74) is 0.402. The van der Waals surface area contributed by atoms with Gasteiger partial charge in [-0.3, -0.25) is 9.69 Å². The minimum atomic E-state index is -0.134. The monoisotopic (exact) mass is 361 g/mol. The predicted molar refractivity (Wildman–Crippen MR) is 101 cm³/mol. The third-order valence-electron chi connectivity index (χ3n) is 4.79. The number of hydrogen-bond acceptors (Lipinski definition) is 5. The second-order valence-corrected chi connectivity index (χ2v) is 7.60. The summed E-state index contributed by atoms with van der Waals surface area (Å²) in [5, 5.41) is 5.05. The number of aromatic nitrogens is 1. The molecule has 1 aliphatic heterocycles. The van der Waals surface area contributed by atoms with E-state index in [1.807, 2.05) is 17.5 Å². The number of nitrogens with one attached hydrogen (secondary N) is 1. The Balaban J connectivity index is 1.60. The van der Waals surface area contributed by atoms with Crippen LogP contribution in [0.1, 0.15) is 55.3 Å². The quantitative estimate of drug-likeness (QED) is 0.807. The molecule has 1 fully saturated rings. The van der Waals surface area contributed by atoms with Gasteiger partial charge < -0.3 is 9.73 Å². The highest BCUT2D eigenvalue weighted by molar-refractivity contribution is 7.13. The van der Waals surface area contributed by atoms with E-state index in [1.165, 1.54) is 25.7 Å². The summed E-state index contributed by atoms with van der Waals surface area (Å²) in [7, 11) is 0. The molecule has 1 saturated heterocycles. The van der Waals surface area contributed by atoms with E-state index in [4.69, 9.17) is 4.42 Å². The van der Waals surface area contributed by atoms with Crippen molar-refractivity contribution in [2.45, 2.75) is 52.0 Å². The van der Waals surface area contributed by atoms with Crippen LogP contribution in [0.3, 0.4) is 0 Å². The molecule has 1 unspecified atom stereocenters.